The maximum atomic E-state index is 12.5. The number of carbonyl (C=O) groups excluding carboxylic acids is 3. The minimum atomic E-state index is -1.07. The molecule has 0 unspecified atom stereocenters. The van der Waals surface area contributed by atoms with E-state index in [1.807, 2.05) is 0 Å². The molecule has 0 aromatic heterocycles. The molecule has 2 heterocycles. The molecule has 3 amide bonds. The van der Waals surface area contributed by atoms with Gasteiger partial charge < -0.3 is 26.4 Å². The summed E-state index contributed by atoms with van der Waals surface area (Å²) in [7, 11) is 0. The molecule has 2 rings (SSSR count). The summed E-state index contributed by atoms with van der Waals surface area (Å²) in [6.07, 6.45) is 2.59. The number of hydrogen-bond donors (Lipinski definition) is 4. The van der Waals surface area contributed by atoms with Crippen LogP contribution in [0.15, 0.2) is 0 Å². The van der Waals surface area contributed by atoms with E-state index in [1.165, 1.54) is 0 Å². The second-order valence-corrected chi connectivity index (χ2v) is 6.23. The van der Waals surface area contributed by atoms with Crippen molar-refractivity contribution in [1.29, 1.82) is 0 Å². The number of nitrogens with zero attached hydrogens (tertiary/aromatic N) is 1. The van der Waals surface area contributed by atoms with Gasteiger partial charge >= 0.3 is 5.97 Å². The molecule has 3 atom stereocenters. The van der Waals surface area contributed by atoms with Gasteiger partial charge in [0.05, 0.1) is 6.04 Å². The van der Waals surface area contributed by atoms with E-state index in [0.717, 1.165) is 19.4 Å². The van der Waals surface area contributed by atoms with Gasteiger partial charge in [0.25, 0.3) is 0 Å². The lowest BCUT2D eigenvalue weighted by atomic mass is 10.1. The van der Waals surface area contributed by atoms with Gasteiger partial charge in [0.2, 0.25) is 17.7 Å². The van der Waals surface area contributed by atoms with Gasteiger partial charge in [0.15, 0.2) is 0 Å². The number of amides is 3. The third-order valence-corrected chi connectivity index (χ3v) is 4.50. The molecule has 0 radical (unpaired) electrons. The fourth-order valence-corrected chi connectivity index (χ4v) is 3.22. The van der Waals surface area contributed by atoms with E-state index >= 15 is 0 Å². The smallest absolute Gasteiger partial charge is 0.303 e. The third kappa shape index (κ3) is 4.44. The number of primary amides is 1. The maximum Gasteiger partial charge on any atom is 0.303 e. The summed E-state index contributed by atoms with van der Waals surface area (Å²) in [5.41, 5.74) is 5.23. The first-order valence-electron chi connectivity index (χ1n) is 8.25. The van der Waals surface area contributed by atoms with Crippen LogP contribution in [-0.2, 0) is 19.2 Å². The van der Waals surface area contributed by atoms with Crippen LogP contribution in [-0.4, -0.2) is 64.9 Å². The predicted octanol–water partition coefficient (Wildman–Crippen LogP) is -1.44. The second kappa shape index (κ2) is 8.09. The standard InChI is InChI=1S/C15H24N4O5/c16-13(22)9(5-6-12(20)21)18-14(23)11-4-2-8-19(11)15(24)10-3-1-7-17-10/h9-11,17H,1-8H2,(H2,16,22)(H,18,23)(H,20,21)/t9-,10+,11-/m0/s1. The number of rotatable bonds is 7. The molecule has 2 saturated heterocycles. The molecule has 2 fully saturated rings. The average molecular weight is 340 g/mol. The molecule has 9 nitrogen and oxygen atoms in total. The van der Waals surface area contributed by atoms with Gasteiger partial charge in [0, 0.05) is 13.0 Å². The summed E-state index contributed by atoms with van der Waals surface area (Å²) < 4.78 is 0. The van der Waals surface area contributed by atoms with Crippen LogP contribution in [0.4, 0.5) is 0 Å². The summed E-state index contributed by atoms with van der Waals surface area (Å²) in [5.74, 6) is -2.39. The van der Waals surface area contributed by atoms with Crippen LogP contribution in [0, 0.1) is 0 Å². The van der Waals surface area contributed by atoms with Crippen molar-refractivity contribution in [2.24, 2.45) is 5.73 Å². The van der Waals surface area contributed by atoms with Crippen molar-refractivity contribution >= 4 is 23.7 Å². The van der Waals surface area contributed by atoms with Gasteiger partial charge in [-0.15, -0.1) is 0 Å². The number of hydrogen-bond acceptors (Lipinski definition) is 5. The zero-order chi connectivity index (χ0) is 17.7. The number of nitrogens with two attached hydrogens (primary N) is 1. The Labute approximate surface area is 139 Å². The number of aliphatic carboxylic acids is 1. The number of carboxylic acid groups (broad SMARTS) is 1. The van der Waals surface area contributed by atoms with Crippen LogP contribution in [0.5, 0.6) is 0 Å². The van der Waals surface area contributed by atoms with E-state index in [2.05, 4.69) is 10.6 Å². The lowest BCUT2D eigenvalue weighted by Gasteiger charge is -2.27. The van der Waals surface area contributed by atoms with E-state index in [0.29, 0.717) is 19.4 Å². The molecule has 5 N–H and O–H groups in total. The summed E-state index contributed by atoms with van der Waals surface area (Å²) in [4.78, 5) is 48.6. The van der Waals surface area contributed by atoms with Gasteiger partial charge in [-0.1, -0.05) is 0 Å². The number of carbonyl (C=O) groups is 4. The minimum absolute atomic E-state index is 0.0682. The lowest BCUT2D eigenvalue weighted by Crippen LogP contribution is -2.54. The predicted molar refractivity (Wildman–Crippen MR) is 83.8 cm³/mol. The molecule has 24 heavy (non-hydrogen) atoms. The highest BCUT2D eigenvalue weighted by Gasteiger charge is 2.38. The van der Waals surface area contributed by atoms with Crippen molar-refractivity contribution in [3.63, 3.8) is 0 Å². The molecule has 0 saturated carbocycles. The van der Waals surface area contributed by atoms with Gasteiger partial charge in [0.1, 0.15) is 12.1 Å². The lowest BCUT2D eigenvalue weighted by molar-refractivity contribution is -0.140. The van der Waals surface area contributed by atoms with Crippen molar-refractivity contribution in [3.05, 3.63) is 0 Å². The van der Waals surface area contributed by atoms with Crippen molar-refractivity contribution < 1.29 is 24.3 Å². The molecule has 0 bridgehead atoms. The topological polar surface area (TPSA) is 142 Å². The first-order valence-corrected chi connectivity index (χ1v) is 8.25. The van der Waals surface area contributed by atoms with E-state index in [9.17, 15) is 19.2 Å². The fourth-order valence-electron chi connectivity index (χ4n) is 3.22. The Morgan fingerprint density at radius 3 is 2.58 bits per heavy atom. The van der Waals surface area contributed by atoms with Gasteiger partial charge in [-0.2, -0.15) is 0 Å². The zero-order valence-corrected chi connectivity index (χ0v) is 13.5. The molecular formula is C15H24N4O5. The summed E-state index contributed by atoms with van der Waals surface area (Å²) >= 11 is 0. The molecule has 0 aromatic carbocycles. The van der Waals surface area contributed by atoms with Crippen LogP contribution in [0.3, 0.4) is 0 Å². The fraction of sp³-hybridized carbons (Fsp3) is 0.733. The van der Waals surface area contributed by atoms with Crippen LogP contribution < -0.4 is 16.4 Å². The van der Waals surface area contributed by atoms with Crippen molar-refractivity contribution in [2.75, 3.05) is 13.1 Å². The van der Waals surface area contributed by atoms with E-state index in [-0.39, 0.29) is 24.8 Å². The molecular weight excluding hydrogens is 316 g/mol. The number of carboxylic acids is 1. The number of nitrogens with one attached hydrogen (secondary N) is 2. The van der Waals surface area contributed by atoms with Crippen molar-refractivity contribution in [2.45, 2.75) is 56.7 Å². The SMILES string of the molecule is NC(=O)[C@H](CCC(=O)O)NC(=O)[C@@H]1CCCN1C(=O)[C@H]1CCCN1. The highest BCUT2D eigenvalue weighted by molar-refractivity contribution is 5.93. The Balaban J connectivity index is 1.97. The van der Waals surface area contributed by atoms with E-state index in [4.69, 9.17) is 10.8 Å². The van der Waals surface area contributed by atoms with Gasteiger partial charge in [-0.25, -0.2) is 0 Å². The van der Waals surface area contributed by atoms with Crippen molar-refractivity contribution in [3.8, 4) is 0 Å². The molecule has 0 aromatic rings. The Morgan fingerprint density at radius 2 is 2.00 bits per heavy atom. The van der Waals surface area contributed by atoms with Crippen molar-refractivity contribution in [1.82, 2.24) is 15.5 Å². The summed E-state index contributed by atoms with van der Waals surface area (Å²) in [6.45, 7) is 1.30. The molecule has 2 aliphatic rings. The molecule has 2 aliphatic heterocycles. The first kappa shape index (κ1) is 18.2. The maximum absolute atomic E-state index is 12.5. The monoisotopic (exact) mass is 340 g/mol. The summed E-state index contributed by atoms with van der Waals surface area (Å²) in [5, 5.41) is 14.3. The van der Waals surface area contributed by atoms with Crippen LogP contribution in [0.2, 0.25) is 0 Å². The Hall–Kier alpha value is -2.16. The van der Waals surface area contributed by atoms with Crippen LogP contribution >= 0.6 is 0 Å². The Bertz CT molecular complexity index is 518. The molecule has 0 spiro atoms. The summed E-state index contributed by atoms with van der Waals surface area (Å²) in [6, 6.07) is -1.93. The first-order chi connectivity index (χ1) is 11.4. The van der Waals surface area contributed by atoms with Crippen LogP contribution in [0.1, 0.15) is 38.5 Å². The quantitative estimate of drug-likeness (QED) is 0.447. The molecule has 9 heteroatoms. The minimum Gasteiger partial charge on any atom is -0.481 e. The highest BCUT2D eigenvalue weighted by Crippen LogP contribution is 2.21. The van der Waals surface area contributed by atoms with Crippen LogP contribution in [0.25, 0.3) is 0 Å². The van der Waals surface area contributed by atoms with E-state index < -0.39 is 29.9 Å². The second-order valence-electron chi connectivity index (χ2n) is 6.23. The Kier molecular flexibility index (Phi) is 6.13. The van der Waals surface area contributed by atoms with Gasteiger partial charge in [-0.05, 0) is 38.6 Å². The largest absolute Gasteiger partial charge is 0.481 e. The average Bonchev–Trinajstić information content (AvgIpc) is 3.20. The molecule has 134 valence electrons. The Morgan fingerprint density at radius 1 is 1.25 bits per heavy atom. The zero-order valence-electron chi connectivity index (χ0n) is 13.5. The molecule has 0 aliphatic carbocycles. The van der Waals surface area contributed by atoms with E-state index in [1.54, 1.807) is 4.90 Å². The normalized spacial score (nSPS) is 24.6. The highest BCUT2D eigenvalue weighted by atomic mass is 16.4. The third-order valence-electron chi connectivity index (χ3n) is 4.50. The number of likely N-dealkylation sites (tertiary alicyclic amines) is 1. The van der Waals surface area contributed by atoms with Gasteiger partial charge in [-0.3, -0.25) is 19.2 Å².